The van der Waals surface area contributed by atoms with Crippen molar-refractivity contribution in [1.82, 2.24) is 15.3 Å². The number of hydrogen-bond donors (Lipinski definition) is 1. The minimum absolute atomic E-state index is 0.551. The summed E-state index contributed by atoms with van der Waals surface area (Å²) in [5.41, 5.74) is 1.13. The molecule has 0 saturated carbocycles. The molecule has 1 atom stereocenters. The average molecular weight is 179 g/mol. The first kappa shape index (κ1) is 10.1. The van der Waals surface area contributed by atoms with E-state index in [4.69, 9.17) is 0 Å². The van der Waals surface area contributed by atoms with Crippen LogP contribution in [0.2, 0.25) is 0 Å². The van der Waals surface area contributed by atoms with Crippen LogP contribution in [0.15, 0.2) is 12.3 Å². The summed E-state index contributed by atoms with van der Waals surface area (Å²) in [7, 11) is 1.98. The molecule has 0 spiro atoms. The fourth-order valence-corrected chi connectivity index (χ4v) is 1.15. The van der Waals surface area contributed by atoms with Crippen LogP contribution in [-0.4, -0.2) is 23.1 Å². The lowest BCUT2D eigenvalue weighted by Gasteiger charge is -2.08. The van der Waals surface area contributed by atoms with E-state index in [0.717, 1.165) is 24.4 Å². The molecule has 0 aromatic carbocycles. The second kappa shape index (κ2) is 4.92. The van der Waals surface area contributed by atoms with Gasteiger partial charge in [0.15, 0.2) is 0 Å². The first-order valence-electron chi connectivity index (χ1n) is 4.68. The van der Waals surface area contributed by atoms with Crippen LogP contribution < -0.4 is 5.32 Å². The van der Waals surface area contributed by atoms with Crippen molar-refractivity contribution in [3.8, 4) is 0 Å². The van der Waals surface area contributed by atoms with Crippen molar-refractivity contribution >= 4 is 0 Å². The molecule has 72 valence electrons. The van der Waals surface area contributed by atoms with Gasteiger partial charge in [0.05, 0.1) is 0 Å². The lowest BCUT2D eigenvalue weighted by Crippen LogP contribution is -2.21. The SMILES string of the molecule is CNC(C)CCc1ccnc(C)n1. The van der Waals surface area contributed by atoms with Gasteiger partial charge in [-0.05, 0) is 39.8 Å². The van der Waals surface area contributed by atoms with Crippen LogP contribution in [0.4, 0.5) is 0 Å². The van der Waals surface area contributed by atoms with Gasteiger partial charge in [-0.2, -0.15) is 0 Å². The molecule has 0 aliphatic heterocycles. The highest BCUT2D eigenvalue weighted by Crippen LogP contribution is 2.01. The van der Waals surface area contributed by atoms with Crippen LogP contribution in [0.5, 0.6) is 0 Å². The normalized spacial score (nSPS) is 12.8. The van der Waals surface area contributed by atoms with Crippen LogP contribution in [0, 0.1) is 6.92 Å². The Balaban J connectivity index is 2.45. The lowest BCUT2D eigenvalue weighted by atomic mass is 10.1. The topological polar surface area (TPSA) is 37.8 Å². The van der Waals surface area contributed by atoms with Gasteiger partial charge < -0.3 is 5.32 Å². The van der Waals surface area contributed by atoms with Gasteiger partial charge in [-0.1, -0.05) is 0 Å². The quantitative estimate of drug-likeness (QED) is 0.757. The van der Waals surface area contributed by atoms with Crippen molar-refractivity contribution in [3.63, 3.8) is 0 Å². The van der Waals surface area contributed by atoms with Crippen molar-refractivity contribution in [2.24, 2.45) is 0 Å². The number of rotatable bonds is 4. The Morgan fingerprint density at radius 1 is 1.54 bits per heavy atom. The van der Waals surface area contributed by atoms with Crippen molar-refractivity contribution in [2.45, 2.75) is 32.7 Å². The summed E-state index contributed by atoms with van der Waals surface area (Å²) in [5, 5.41) is 3.21. The molecule has 0 saturated heterocycles. The van der Waals surface area contributed by atoms with E-state index in [1.807, 2.05) is 26.2 Å². The van der Waals surface area contributed by atoms with E-state index in [-0.39, 0.29) is 0 Å². The summed E-state index contributed by atoms with van der Waals surface area (Å²) < 4.78 is 0. The van der Waals surface area contributed by atoms with Gasteiger partial charge in [-0.25, -0.2) is 9.97 Å². The van der Waals surface area contributed by atoms with E-state index in [9.17, 15) is 0 Å². The molecule has 0 fully saturated rings. The Bertz CT molecular complexity index is 260. The van der Waals surface area contributed by atoms with E-state index in [1.165, 1.54) is 0 Å². The zero-order chi connectivity index (χ0) is 9.68. The predicted molar refractivity (Wildman–Crippen MR) is 53.6 cm³/mol. The average Bonchev–Trinajstić information content (AvgIpc) is 2.14. The highest BCUT2D eigenvalue weighted by Gasteiger charge is 2.00. The zero-order valence-corrected chi connectivity index (χ0v) is 8.54. The van der Waals surface area contributed by atoms with E-state index in [1.54, 1.807) is 0 Å². The Labute approximate surface area is 79.6 Å². The third-order valence-electron chi connectivity index (χ3n) is 2.16. The first-order valence-corrected chi connectivity index (χ1v) is 4.68. The Morgan fingerprint density at radius 2 is 2.31 bits per heavy atom. The second-order valence-electron chi connectivity index (χ2n) is 3.32. The third kappa shape index (κ3) is 3.51. The molecule has 0 amide bonds. The van der Waals surface area contributed by atoms with Crippen LogP contribution in [-0.2, 0) is 6.42 Å². The molecule has 3 heteroatoms. The maximum absolute atomic E-state index is 4.34. The van der Waals surface area contributed by atoms with Gasteiger partial charge >= 0.3 is 0 Å². The monoisotopic (exact) mass is 179 g/mol. The molecular formula is C10H17N3. The van der Waals surface area contributed by atoms with Crippen LogP contribution >= 0.6 is 0 Å². The lowest BCUT2D eigenvalue weighted by molar-refractivity contribution is 0.560. The highest BCUT2D eigenvalue weighted by atomic mass is 14.9. The fourth-order valence-electron chi connectivity index (χ4n) is 1.15. The summed E-state index contributed by atoms with van der Waals surface area (Å²) in [6, 6.07) is 2.53. The molecule has 1 aromatic heterocycles. The maximum Gasteiger partial charge on any atom is 0.125 e. The second-order valence-corrected chi connectivity index (χ2v) is 3.32. The first-order chi connectivity index (χ1) is 6.22. The fraction of sp³-hybridized carbons (Fsp3) is 0.600. The zero-order valence-electron chi connectivity index (χ0n) is 8.54. The number of aryl methyl sites for hydroxylation is 2. The summed E-state index contributed by atoms with van der Waals surface area (Å²) in [6.07, 6.45) is 3.96. The maximum atomic E-state index is 4.34. The highest BCUT2D eigenvalue weighted by molar-refractivity contribution is 5.01. The van der Waals surface area contributed by atoms with Crippen LogP contribution in [0.1, 0.15) is 24.9 Å². The van der Waals surface area contributed by atoms with Crippen molar-refractivity contribution in [2.75, 3.05) is 7.05 Å². The molecular weight excluding hydrogens is 162 g/mol. The number of aromatic nitrogens is 2. The predicted octanol–water partition coefficient (Wildman–Crippen LogP) is 1.33. The van der Waals surface area contributed by atoms with Crippen molar-refractivity contribution in [1.29, 1.82) is 0 Å². The van der Waals surface area contributed by atoms with E-state index < -0.39 is 0 Å². The number of nitrogens with zero attached hydrogens (tertiary/aromatic N) is 2. The minimum Gasteiger partial charge on any atom is -0.317 e. The molecule has 1 N–H and O–H groups in total. The Kier molecular flexibility index (Phi) is 3.83. The van der Waals surface area contributed by atoms with E-state index in [0.29, 0.717) is 6.04 Å². The molecule has 3 nitrogen and oxygen atoms in total. The number of nitrogens with one attached hydrogen (secondary N) is 1. The molecule has 0 aliphatic rings. The Hall–Kier alpha value is -0.960. The summed E-state index contributed by atoms with van der Waals surface area (Å²) >= 11 is 0. The molecule has 0 bridgehead atoms. The molecule has 1 aromatic rings. The van der Waals surface area contributed by atoms with Crippen molar-refractivity contribution in [3.05, 3.63) is 23.8 Å². The Morgan fingerprint density at radius 3 is 2.92 bits per heavy atom. The van der Waals surface area contributed by atoms with Gasteiger partial charge in [0.25, 0.3) is 0 Å². The molecule has 13 heavy (non-hydrogen) atoms. The summed E-state index contributed by atoms with van der Waals surface area (Å²) in [4.78, 5) is 8.40. The van der Waals surface area contributed by atoms with Gasteiger partial charge in [0.1, 0.15) is 5.82 Å². The van der Waals surface area contributed by atoms with Crippen LogP contribution in [0.25, 0.3) is 0 Å². The molecule has 1 heterocycles. The smallest absolute Gasteiger partial charge is 0.125 e. The van der Waals surface area contributed by atoms with Gasteiger partial charge in [-0.15, -0.1) is 0 Å². The molecule has 0 radical (unpaired) electrons. The van der Waals surface area contributed by atoms with Crippen LogP contribution in [0.3, 0.4) is 0 Å². The van der Waals surface area contributed by atoms with Gasteiger partial charge in [0, 0.05) is 17.9 Å². The molecule has 0 aliphatic carbocycles. The van der Waals surface area contributed by atoms with Gasteiger partial charge in [0.2, 0.25) is 0 Å². The summed E-state index contributed by atoms with van der Waals surface area (Å²) in [6.45, 7) is 4.10. The van der Waals surface area contributed by atoms with Crippen molar-refractivity contribution < 1.29 is 0 Å². The largest absolute Gasteiger partial charge is 0.317 e. The molecule has 1 unspecified atom stereocenters. The number of hydrogen-bond acceptors (Lipinski definition) is 3. The summed E-state index contributed by atoms with van der Waals surface area (Å²) in [5.74, 6) is 0.856. The minimum atomic E-state index is 0.551. The van der Waals surface area contributed by atoms with E-state index >= 15 is 0 Å². The molecule has 1 rings (SSSR count). The standard InChI is InChI=1S/C10H17N3/c1-8(11-3)4-5-10-6-7-12-9(2)13-10/h6-8,11H,4-5H2,1-3H3. The third-order valence-corrected chi connectivity index (χ3v) is 2.16. The van der Waals surface area contributed by atoms with E-state index in [2.05, 4.69) is 22.2 Å². The van der Waals surface area contributed by atoms with Gasteiger partial charge in [-0.3, -0.25) is 0 Å².